The third-order valence-corrected chi connectivity index (χ3v) is 13.2. The number of aromatic nitrogens is 5. The maximum absolute atomic E-state index is 13.7. The normalized spacial score (nSPS) is 24.8. The molecule has 3 unspecified atom stereocenters. The first-order valence-electron chi connectivity index (χ1n) is 20.5. The first kappa shape index (κ1) is 37.7. The Bertz CT molecular complexity index is 2370. The van der Waals surface area contributed by atoms with Crippen LogP contribution in [0.4, 0.5) is 4.79 Å². The quantitative estimate of drug-likeness (QED) is 0.105. The molecule has 3 amide bonds. The molecule has 2 aromatic carbocycles. The van der Waals surface area contributed by atoms with Gasteiger partial charge in [0.1, 0.15) is 23.3 Å². The van der Waals surface area contributed by atoms with Crippen molar-refractivity contribution in [3.05, 3.63) is 102 Å². The molecular weight excluding hydrogens is 733 g/mol. The van der Waals surface area contributed by atoms with Gasteiger partial charge in [0.15, 0.2) is 0 Å². The summed E-state index contributed by atoms with van der Waals surface area (Å²) in [5.74, 6) is 2.00. The Kier molecular flexibility index (Phi) is 9.66. The average molecular weight is 783 g/mol. The number of aliphatic hydroxyl groups is 1. The number of hydrogen-bond acceptors (Lipinski definition) is 8. The molecule has 5 aromatic rings. The molecule has 58 heavy (non-hydrogen) atoms. The van der Waals surface area contributed by atoms with Gasteiger partial charge in [-0.1, -0.05) is 44.2 Å². The van der Waals surface area contributed by atoms with Crippen molar-refractivity contribution in [2.24, 2.45) is 23.7 Å². The molecule has 1 saturated heterocycles. The number of carbonyl (C=O) groups is 3. The van der Waals surface area contributed by atoms with Crippen LogP contribution in [0.3, 0.4) is 0 Å². The van der Waals surface area contributed by atoms with Crippen molar-refractivity contribution >= 4 is 17.9 Å². The smallest absolute Gasteiger partial charge is 0.407 e. The van der Waals surface area contributed by atoms with E-state index in [1.807, 2.05) is 63.4 Å². The Morgan fingerprint density at radius 2 is 1.60 bits per heavy atom. The molecule has 9 rings (SSSR count). The van der Waals surface area contributed by atoms with Gasteiger partial charge in [0.05, 0.1) is 42.9 Å². The van der Waals surface area contributed by atoms with Gasteiger partial charge in [-0.15, -0.1) is 0 Å². The third kappa shape index (κ3) is 6.54. The minimum Gasteiger partial charge on any atom is -0.453 e. The largest absolute Gasteiger partial charge is 0.453 e. The highest BCUT2D eigenvalue weighted by atomic mass is 16.5. The van der Waals surface area contributed by atoms with Crippen molar-refractivity contribution in [3.8, 4) is 33.6 Å². The molecule has 13 nitrogen and oxygen atoms in total. The maximum Gasteiger partial charge on any atom is 0.407 e. The van der Waals surface area contributed by atoms with Crippen LogP contribution in [-0.4, -0.2) is 72.5 Å². The van der Waals surface area contributed by atoms with Crippen molar-refractivity contribution in [1.29, 1.82) is 0 Å². The van der Waals surface area contributed by atoms with E-state index in [1.54, 1.807) is 23.5 Å². The van der Waals surface area contributed by atoms with E-state index in [-0.39, 0.29) is 35.6 Å². The number of benzene rings is 2. The Morgan fingerprint density at radius 1 is 0.931 bits per heavy atom. The third-order valence-electron chi connectivity index (χ3n) is 13.2. The molecular formula is C45H50N8O5. The topological polar surface area (TPSA) is 178 Å². The fourth-order valence-electron chi connectivity index (χ4n) is 10.2. The highest BCUT2D eigenvalue weighted by Crippen LogP contribution is 2.56. The van der Waals surface area contributed by atoms with Crippen LogP contribution in [0.1, 0.15) is 93.2 Å². The number of ether oxygens (including phenoxy) is 1. The summed E-state index contributed by atoms with van der Waals surface area (Å²) in [4.78, 5) is 62.0. The molecule has 3 aliphatic carbocycles. The van der Waals surface area contributed by atoms with E-state index in [1.165, 1.54) is 7.11 Å². The summed E-state index contributed by atoms with van der Waals surface area (Å²) >= 11 is 0. The standard InChI is InChI=1S/C45H50N8O5/c1-24(2)39(52-44(56)58-4)43(55)53-16-6-8-36(53)40-47-22-34(50-40)26-11-13-30-31-14-12-27(19-33(31)45(3,57)32(30)18-26)35-23-48-41(51-35)37-28-9-10-29(17-28)38(37)42(54)49-21-25-7-5-15-46-20-25/h5,7,11-15,18-20,22-24,28-29,36-39,57H,6,8-10,16-17,21H2,1-4H3,(H,47,50)(H,48,51)(H,49,54)(H,52,56)/t28?,29?,36-,37?,38+,39-,45-/m0/s1. The number of nitrogens with one attached hydrogen (secondary N) is 4. The van der Waals surface area contributed by atoms with Crippen LogP contribution in [-0.2, 0) is 26.5 Å². The SMILES string of the molecule is COC(=O)N[C@H](C(=O)N1CCC[C@H]1c1ncc(-c2ccc3c(c2)[C@](C)(O)c2cc(-c4cnc(C5C6CCC(C6)[C@H]5C(=O)NCc5cccnc5)[nH]4)ccc2-3)[nH]1)C(C)C. The zero-order chi connectivity index (χ0) is 40.3. The molecule has 7 atom stereocenters. The number of fused-ring (bicyclic) bond motifs is 5. The Balaban J connectivity index is 0.928. The maximum atomic E-state index is 13.7. The van der Waals surface area contributed by atoms with Crippen molar-refractivity contribution < 1.29 is 24.2 Å². The summed E-state index contributed by atoms with van der Waals surface area (Å²) in [6.07, 6.45) is 11.3. The zero-order valence-electron chi connectivity index (χ0n) is 33.3. The van der Waals surface area contributed by atoms with E-state index in [0.717, 1.165) is 88.3 Å². The molecule has 0 radical (unpaired) electrons. The zero-order valence-corrected chi connectivity index (χ0v) is 33.3. The van der Waals surface area contributed by atoms with Gasteiger partial charge in [-0.25, -0.2) is 14.8 Å². The number of aromatic amines is 2. The van der Waals surface area contributed by atoms with Gasteiger partial charge < -0.3 is 35.3 Å². The number of methoxy groups -OCH3 is 1. The van der Waals surface area contributed by atoms with E-state index < -0.39 is 17.7 Å². The number of hydrogen-bond donors (Lipinski definition) is 5. The Hall–Kier alpha value is -5.82. The van der Waals surface area contributed by atoms with Gasteiger partial charge in [0.2, 0.25) is 11.8 Å². The van der Waals surface area contributed by atoms with Gasteiger partial charge in [-0.3, -0.25) is 14.6 Å². The van der Waals surface area contributed by atoms with Gasteiger partial charge >= 0.3 is 6.09 Å². The van der Waals surface area contributed by atoms with E-state index >= 15 is 0 Å². The average Bonchev–Trinajstić information content (AvgIpc) is 4.10. The lowest BCUT2D eigenvalue weighted by Crippen LogP contribution is -2.51. The first-order valence-corrected chi connectivity index (χ1v) is 20.5. The molecule has 5 N–H and O–H groups in total. The van der Waals surface area contributed by atoms with Crippen LogP contribution in [0, 0.1) is 23.7 Å². The van der Waals surface area contributed by atoms with E-state index in [2.05, 4.69) is 37.7 Å². The fourth-order valence-corrected chi connectivity index (χ4v) is 10.2. The lowest BCUT2D eigenvalue weighted by Gasteiger charge is -2.30. The fraction of sp³-hybridized carbons (Fsp3) is 0.422. The van der Waals surface area contributed by atoms with Crippen molar-refractivity contribution in [1.82, 2.24) is 40.5 Å². The van der Waals surface area contributed by atoms with Crippen molar-refractivity contribution in [2.75, 3.05) is 13.7 Å². The highest BCUT2D eigenvalue weighted by molar-refractivity contribution is 5.87. The number of rotatable bonds is 10. The number of alkyl carbamates (subject to hydrolysis) is 1. The van der Waals surface area contributed by atoms with Gasteiger partial charge in [0.25, 0.3) is 0 Å². The number of H-pyrrole nitrogens is 2. The number of pyridine rings is 1. The van der Waals surface area contributed by atoms with Crippen LogP contribution < -0.4 is 10.6 Å². The van der Waals surface area contributed by atoms with E-state index in [4.69, 9.17) is 14.7 Å². The highest BCUT2D eigenvalue weighted by Gasteiger charge is 2.52. The Morgan fingerprint density at radius 3 is 2.26 bits per heavy atom. The van der Waals surface area contributed by atoms with Crippen LogP contribution in [0.5, 0.6) is 0 Å². The number of amides is 3. The predicted molar refractivity (Wildman–Crippen MR) is 217 cm³/mol. The monoisotopic (exact) mass is 782 g/mol. The summed E-state index contributed by atoms with van der Waals surface area (Å²) in [6.45, 7) is 6.65. The molecule has 13 heteroatoms. The summed E-state index contributed by atoms with van der Waals surface area (Å²) in [6, 6.07) is 15.2. The summed E-state index contributed by atoms with van der Waals surface area (Å²) < 4.78 is 4.78. The number of likely N-dealkylation sites (tertiary alicyclic amines) is 1. The van der Waals surface area contributed by atoms with E-state index in [0.29, 0.717) is 30.7 Å². The minimum absolute atomic E-state index is 0.0300. The van der Waals surface area contributed by atoms with Crippen LogP contribution in [0.2, 0.25) is 0 Å². The predicted octanol–water partition coefficient (Wildman–Crippen LogP) is 6.59. The molecule has 3 aromatic heterocycles. The second kappa shape index (κ2) is 14.8. The molecule has 300 valence electrons. The summed E-state index contributed by atoms with van der Waals surface area (Å²) in [5, 5.41) is 18.1. The summed E-state index contributed by atoms with van der Waals surface area (Å²) in [7, 11) is 1.29. The molecule has 2 saturated carbocycles. The van der Waals surface area contributed by atoms with E-state index in [9.17, 15) is 19.5 Å². The van der Waals surface area contributed by atoms with Gasteiger partial charge in [0, 0.05) is 31.4 Å². The molecule has 4 aliphatic rings. The molecule has 3 fully saturated rings. The van der Waals surface area contributed by atoms with Gasteiger partial charge in [-0.2, -0.15) is 0 Å². The van der Waals surface area contributed by atoms with Crippen molar-refractivity contribution in [2.45, 2.75) is 83.0 Å². The molecule has 4 heterocycles. The minimum atomic E-state index is -1.27. The van der Waals surface area contributed by atoms with Crippen LogP contribution in [0.25, 0.3) is 33.6 Å². The Labute approximate surface area is 337 Å². The van der Waals surface area contributed by atoms with Crippen molar-refractivity contribution in [3.63, 3.8) is 0 Å². The number of nitrogens with zero attached hydrogens (tertiary/aromatic N) is 4. The number of imidazole rings is 2. The van der Waals surface area contributed by atoms with Crippen LogP contribution in [0.15, 0.2) is 73.3 Å². The first-order chi connectivity index (χ1) is 28.0. The molecule has 1 aliphatic heterocycles. The van der Waals surface area contributed by atoms with Crippen LogP contribution >= 0.6 is 0 Å². The second-order valence-electron chi connectivity index (χ2n) is 17.0. The second-order valence-corrected chi connectivity index (χ2v) is 17.0. The lowest BCUT2D eigenvalue weighted by molar-refractivity contribution is -0.135. The molecule has 0 spiro atoms. The summed E-state index contributed by atoms with van der Waals surface area (Å²) in [5.41, 5.74) is 6.69. The van der Waals surface area contributed by atoms with Gasteiger partial charge in [-0.05, 0) is 114 Å². The number of carbonyl (C=O) groups excluding carboxylic acids is 3. The molecule has 2 bridgehead atoms. The lowest BCUT2D eigenvalue weighted by atomic mass is 9.78.